The Morgan fingerprint density at radius 1 is 1.12 bits per heavy atom. The Hall–Kier alpha value is -1.66. The molecule has 0 bridgehead atoms. The molecule has 1 aromatic carbocycles. The van der Waals surface area contributed by atoms with Crippen LogP contribution in [-0.2, 0) is 10.9 Å². The number of ether oxygens (including phenoxy) is 1. The highest BCUT2D eigenvalue weighted by atomic mass is 35.5. The molecule has 128 valence electrons. The van der Waals surface area contributed by atoms with E-state index in [4.69, 9.17) is 16.3 Å². The summed E-state index contributed by atoms with van der Waals surface area (Å²) in [6, 6.07) is 5.45. The molecule has 7 heteroatoms. The van der Waals surface area contributed by atoms with Gasteiger partial charge in [0.1, 0.15) is 0 Å². The number of alkyl halides is 3. The Kier molecular flexibility index (Phi) is 4.78. The predicted octanol–water partition coefficient (Wildman–Crippen LogP) is 5.02. The highest BCUT2D eigenvalue weighted by molar-refractivity contribution is 6.32. The summed E-state index contributed by atoms with van der Waals surface area (Å²) in [5.41, 5.74) is 1.03. The fourth-order valence-corrected chi connectivity index (χ4v) is 3.45. The van der Waals surface area contributed by atoms with E-state index in [9.17, 15) is 13.2 Å². The third kappa shape index (κ3) is 3.26. The van der Waals surface area contributed by atoms with Gasteiger partial charge in [0.15, 0.2) is 5.15 Å². The molecule has 2 heterocycles. The normalized spacial score (nSPS) is 16.4. The van der Waals surface area contributed by atoms with Gasteiger partial charge >= 0.3 is 6.18 Å². The molecule has 0 atom stereocenters. The molecule has 0 amide bonds. The minimum atomic E-state index is -4.47. The summed E-state index contributed by atoms with van der Waals surface area (Å²) < 4.78 is 45.7. The summed E-state index contributed by atoms with van der Waals surface area (Å²) in [6.45, 7) is 2.91. The van der Waals surface area contributed by atoms with Crippen LogP contribution >= 0.6 is 11.6 Å². The Balaban J connectivity index is 2.24. The zero-order chi connectivity index (χ0) is 17.3. The van der Waals surface area contributed by atoms with Gasteiger partial charge in [-0.05, 0) is 42.9 Å². The first kappa shape index (κ1) is 17.2. The molecule has 3 nitrogen and oxygen atoms in total. The van der Waals surface area contributed by atoms with Crippen molar-refractivity contribution in [3.63, 3.8) is 0 Å². The molecule has 3 rings (SSSR count). The average molecular weight is 357 g/mol. The molecule has 1 fully saturated rings. The van der Waals surface area contributed by atoms with Crippen molar-refractivity contribution in [2.24, 2.45) is 0 Å². The monoisotopic (exact) mass is 356 g/mol. The topological polar surface area (TPSA) is 35.0 Å². The van der Waals surface area contributed by atoms with Gasteiger partial charge in [-0.2, -0.15) is 18.3 Å². The van der Waals surface area contributed by atoms with E-state index in [1.54, 1.807) is 13.0 Å². The van der Waals surface area contributed by atoms with Crippen LogP contribution in [0.3, 0.4) is 0 Å². The standard InChI is InChI=1S/C17H16ClF3N2O/c1-10-14(11-6-8-24-9-7-11)15(16(18)23-22-10)12-4-2-3-5-13(12)17(19,20)21/h2-5,11H,6-9H2,1H3. The zero-order valence-corrected chi connectivity index (χ0v) is 13.8. The van der Waals surface area contributed by atoms with Crippen LogP contribution in [0, 0.1) is 6.92 Å². The zero-order valence-electron chi connectivity index (χ0n) is 13.0. The van der Waals surface area contributed by atoms with Crippen molar-refractivity contribution in [3.05, 3.63) is 46.2 Å². The first-order valence-corrected chi connectivity index (χ1v) is 8.04. The molecule has 0 aliphatic carbocycles. The summed E-state index contributed by atoms with van der Waals surface area (Å²) in [5.74, 6) is 0.0584. The Morgan fingerprint density at radius 2 is 1.79 bits per heavy atom. The molecule has 24 heavy (non-hydrogen) atoms. The fraction of sp³-hybridized carbons (Fsp3) is 0.412. The summed E-state index contributed by atoms with van der Waals surface area (Å²) >= 11 is 6.20. The first-order valence-electron chi connectivity index (χ1n) is 7.66. The Labute approximate surface area is 142 Å². The summed E-state index contributed by atoms with van der Waals surface area (Å²) in [5, 5.41) is 7.88. The van der Waals surface area contributed by atoms with Gasteiger partial charge < -0.3 is 4.74 Å². The lowest BCUT2D eigenvalue weighted by Gasteiger charge is -2.26. The summed E-state index contributed by atoms with van der Waals surface area (Å²) in [4.78, 5) is 0. The number of aryl methyl sites for hydroxylation is 1. The van der Waals surface area contributed by atoms with Crippen LogP contribution < -0.4 is 0 Å². The SMILES string of the molecule is Cc1nnc(Cl)c(-c2ccccc2C(F)(F)F)c1C1CCOCC1. The highest BCUT2D eigenvalue weighted by Crippen LogP contribution is 2.44. The molecule has 1 saturated heterocycles. The molecule has 0 radical (unpaired) electrons. The molecule has 0 spiro atoms. The van der Waals surface area contributed by atoms with E-state index >= 15 is 0 Å². The molecule has 1 aliphatic rings. The summed E-state index contributed by atoms with van der Waals surface area (Å²) in [6.07, 6.45) is -3.02. The van der Waals surface area contributed by atoms with Gasteiger partial charge in [-0.15, -0.1) is 5.10 Å². The van der Waals surface area contributed by atoms with Gasteiger partial charge in [0.25, 0.3) is 0 Å². The van der Waals surface area contributed by atoms with Gasteiger partial charge in [-0.1, -0.05) is 29.8 Å². The van der Waals surface area contributed by atoms with Crippen LogP contribution in [0.25, 0.3) is 11.1 Å². The van der Waals surface area contributed by atoms with Crippen molar-refractivity contribution in [3.8, 4) is 11.1 Å². The number of halogens is 4. The van der Waals surface area contributed by atoms with Gasteiger partial charge in [0, 0.05) is 18.8 Å². The fourth-order valence-electron chi connectivity index (χ4n) is 3.21. The maximum absolute atomic E-state index is 13.4. The Bertz CT molecular complexity index is 743. The number of benzene rings is 1. The van der Waals surface area contributed by atoms with Crippen LogP contribution in [0.5, 0.6) is 0 Å². The van der Waals surface area contributed by atoms with Crippen molar-refractivity contribution in [1.29, 1.82) is 0 Å². The third-order valence-electron chi connectivity index (χ3n) is 4.28. The largest absolute Gasteiger partial charge is 0.417 e. The van der Waals surface area contributed by atoms with Crippen LogP contribution in [0.15, 0.2) is 24.3 Å². The van der Waals surface area contributed by atoms with E-state index in [0.717, 1.165) is 24.5 Å². The number of nitrogens with zero attached hydrogens (tertiary/aromatic N) is 2. The molecule has 0 unspecified atom stereocenters. The summed E-state index contributed by atoms with van der Waals surface area (Å²) in [7, 11) is 0. The van der Waals surface area contributed by atoms with Gasteiger partial charge in [0.05, 0.1) is 11.3 Å². The average Bonchev–Trinajstić information content (AvgIpc) is 2.56. The van der Waals surface area contributed by atoms with E-state index in [-0.39, 0.29) is 16.6 Å². The molecule has 1 aromatic heterocycles. The number of hydrogen-bond donors (Lipinski definition) is 0. The van der Waals surface area contributed by atoms with Crippen LogP contribution in [0.4, 0.5) is 13.2 Å². The second-order valence-corrected chi connectivity index (χ2v) is 6.15. The molecule has 0 saturated carbocycles. The molecular weight excluding hydrogens is 341 g/mol. The lowest BCUT2D eigenvalue weighted by atomic mass is 9.84. The maximum atomic E-state index is 13.4. The van der Waals surface area contributed by atoms with E-state index in [1.807, 2.05) is 0 Å². The number of aromatic nitrogens is 2. The van der Waals surface area contributed by atoms with E-state index < -0.39 is 11.7 Å². The smallest absolute Gasteiger partial charge is 0.381 e. The molecule has 1 aliphatic heterocycles. The predicted molar refractivity (Wildman–Crippen MR) is 85.0 cm³/mol. The van der Waals surface area contributed by atoms with Crippen molar-refractivity contribution in [2.45, 2.75) is 31.9 Å². The van der Waals surface area contributed by atoms with E-state index in [0.29, 0.717) is 24.5 Å². The van der Waals surface area contributed by atoms with Crippen molar-refractivity contribution >= 4 is 11.6 Å². The number of hydrogen-bond acceptors (Lipinski definition) is 3. The number of rotatable bonds is 2. The van der Waals surface area contributed by atoms with Crippen molar-refractivity contribution in [1.82, 2.24) is 10.2 Å². The van der Waals surface area contributed by atoms with Gasteiger partial charge in [0.2, 0.25) is 0 Å². The van der Waals surface area contributed by atoms with E-state index in [2.05, 4.69) is 10.2 Å². The van der Waals surface area contributed by atoms with Crippen LogP contribution in [-0.4, -0.2) is 23.4 Å². The van der Waals surface area contributed by atoms with Gasteiger partial charge in [-0.3, -0.25) is 0 Å². The second-order valence-electron chi connectivity index (χ2n) is 5.79. The van der Waals surface area contributed by atoms with Gasteiger partial charge in [-0.25, -0.2) is 0 Å². The quantitative estimate of drug-likeness (QED) is 0.758. The minimum absolute atomic E-state index is 0.00112. The lowest BCUT2D eigenvalue weighted by Crippen LogP contribution is -2.17. The van der Waals surface area contributed by atoms with E-state index in [1.165, 1.54) is 12.1 Å². The van der Waals surface area contributed by atoms with Crippen LogP contribution in [0.2, 0.25) is 5.15 Å². The van der Waals surface area contributed by atoms with Crippen molar-refractivity contribution < 1.29 is 17.9 Å². The van der Waals surface area contributed by atoms with Crippen molar-refractivity contribution in [2.75, 3.05) is 13.2 Å². The lowest BCUT2D eigenvalue weighted by molar-refractivity contribution is -0.137. The molecule has 2 aromatic rings. The minimum Gasteiger partial charge on any atom is -0.381 e. The first-order chi connectivity index (χ1) is 11.4. The highest BCUT2D eigenvalue weighted by Gasteiger charge is 2.35. The van der Waals surface area contributed by atoms with Crippen LogP contribution in [0.1, 0.15) is 35.6 Å². The molecule has 0 N–H and O–H groups in total. The Morgan fingerprint density at radius 3 is 2.46 bits per heavy atom. The molecular formula is C17H16ClF3N2O. The third-order valence-corrected chi connectivity index (χ3v) is 4.55. The second kappa shape index (κ2) is 6.69. The maximum Gasteiger partial charge on any atom is 0.417 e.